The average Bonchev–Trinajstić information content (AvgIpc) is 2.79. The fourth-order valence-electron chi connectivity index (χ4n) is 3.36. The zero-order valence-corrected chi connectivity index (χ0v) is 21.7. The van der Waals surface area contributed by atoms with Gasteiger partial charge in [-0.1, -0.05) is 62.8 Å². The Labute approximate surface area is 202 Å². The molecule has 0 bridgehead atoms. The van der Waals surface area contributed by atoms with E-state index in [1.807, 2.05) is 0 Å². The summed E-state index contributed by atoms with van der Waals surface area (Å²) < 4.78 is 17.0. The summed E-state index contributed by atoms with van der Waals surface area (Å²) in [4.78, 5) is 0. The maximum absolute atomic E-state index is 5.98. The molecule has 2 unspecified atom stereocenters. The van der Waals surface area contributed by atoms with Gasteiger partial charge in [-0.15, -0.1) is 23.2 Å². The van der Waals surface area contributed by atoms with Crippen molar-refractivity contribution in [3.8, 4) is 0 Å². The fraction of sp³-hybridized carbons (Fsp3) is 0.846. The van der Waals surface area contributed by atoms with Gasteiger partial charge in [-0.25, -0.2) is 0 Å². The Bertz CT molecular complexity index is 366. The summed E-state index contributed by atoms with van der Waals surface area (Å²) in [6.07, 6.45) is 27.0. The van der Waals surface area contributed by atoms with Crippen LogP contribution in [0.25, 0.3) is 0 Å². The third kappa shape index (κ3) is 22.9. The third-order valence-electron chi connectivity index (χ3n) is 5.31. The number of ether oxygens (including phenoxy) is 3. The van der Waals surface area contributed by atoms with E-state index >= 15 is 0 Å². The maximum Gasteiger partial charge on any atom is 0.160 e. The Balaban J connectivity index is 3.77. The molecular formula is C26H48Cl2O3. The van der Waals surface area contributed by atoms with Crippen LogP contribution in [0.4, 0.5) is 0 Å². The number of methoxy groups -OCH3 is 2. The molecule has 3 nitrogen and oxygen atoms in total. The predicted octanol–water partition coefficient (Wildman–Crippen LogP) is 8.78. The van der Waals surface area contributed by atoms with Crippen LogP contribution >= 0.6 is 23.2 Å². The molecule has 0 heterocycles. The first-order chi connectivity index (χ1) is 15.3. The Morgan fingerprint density at radius 1 is 0.516 bits per heavy atom. The van der Waals surface area contributed by atoms with E-state index in [-0.39, 0.29) is 12.6 Å². The van der Waals surface area contributed by atoms with Gasteiger partial charge in [0.2, 0.25) is 0 Å². The lowest BCUT2D eigenvalue weighted by Gasteiger charge is -2.22. The summed E-state index contributed by atoms with van der Waals surface area (Å²) in [6.45, 7) is 0. The molecule has 0 rings (SSSR count). The van der Waals surface area contributed by atoms with E-state index in [1.54, 1.807) is 14.2 Å². The summed E-state index contributed by atoms with van der Waals surface area (Å²) in [5, 5.41) is 0. The molecular weight excluding hydrogens is 431 g/mol. The van der Waals surface area contributed by atoms with Gasteiger partial charge in [0.25, 0.3) is 0 Å². The van der Waals surface area contributed by atoms with E-state index in [2.05, 4.69) is 24.3 Å². The number of unbranched alkanes of at least 4 members (excludes halogenated alkanes) is 10. The molecule has 0 N–H and O–H groups in total. The first-order valence-electron chi connectivity index (χ1n) is 12.4. The summed E-state index contributed by atoms with van der Waals surface area (Å²) in [5.41, 5.74) is 0. The van der Waals surface area contributed by atoms with E-state index in [4.69, 9.17) is 37.4 Å². The van der Waals surface area contributed by atoms with Crippen molar-refractivity contribution in [3.05, 3.63) is 24.3 Å². The van der Waals surface area contributed by atoms with Crippen molar-refractivity contribution in [2.75, 3.05) is 26.0 Å². The number of allylic oxidation sites excluding steroid dienone is 4. The Kier molecular flexibility index (Phi) is 26.1. The monoisotopic (exact) mass is 478 g/mol. The van der Waals surface area contributed by atoms with Gasteiger partial charge in [-0.3, -0.25) is 0 Å². The summed E-state index contributed by atoms with van der Waals surface area (Å²) in [7, 11) is 3.41. The molecule has 0 spiro atoms. The number of rotatable bonds is 24. The molecule has 0 aliphatic carbocycles. The number of hydrogen-bond donors (Lipinski definition) is 0. The van der Waals surface area contributed by atoms with Crippen LogP contribution in [0.3, 0.4) is 0 Å². The summed E-state index contributed by atoms with van der Waals surface area (Å²) >= 11 is 11.4. The Morgan fingerprint density at radius 3 is 1.26 bits per heavy atom. The van der Waals surface area contributed by atoms with E-state index in [0.29, 0.717) is 0 Å². The second kappa shape index (κ2) is 26.2. The molecule has 0 saturated heterocycles. The van der Waals surface area contributed by atoms with Crippen LogP contribution in [-0.4, -0.2) is 38.6 Å². The zero-order valence-electron chi connectivity index (χ0n) is 20.2. The van der Waals surface area contributed by atoms with Crippen LogP contribution in [-0.2, 0) is 14.2 Å². The molecule has 0 saturated carbocycles. The van der Waals surface area contributed by atoms with Crippen LogP contribution in [0.2, 0.25) is 0 Å². The average molecular weight is 480 g/mol. The van der Waals surface area contributed by atoms with Crippen LogP contribution in [0.5, 0.6) is 0 Å². The molecule has 5 heteroatoms. The molecule has 31 heavy (non-hydrogen) atoms. The zero-order chi connectivity index (χ0) is 22.8. The molecule has 2 atom stereocenters. The lowest BCUT2D eigenvalue weighted by molar-refractivity contribution is -0.232. The molecule has 0 aliphatic rings. The van der Waals surface area contributed by atoms with Crippen LogP contribution in [0.15, 0.2) is 24.3 Å². The van der Waals surface area contributed by atoms with Gasteiger partial charge in [0.05, 0.1) is 0 Å². The second-order valence-corrected chi connectivity index (χ2v) is 8.81. The fourth-order valence-corrected chi connectivity index (χ4v) is 3.74. The molecule has 0 aliphatic heterocycles. The predicted molar refractivity (Wildman–Crippen MR) is 136 cm³/mol. The van der Waals surface area contributed by atoms with Gasteiger partial charge in [-0.05, 0) is 51.4 Å². The van der Waals surface area contributed by atoms with Crippen LogP contribution in [0.1, 0.15) is 103 Å². The number of halogens is 2. The smallest absolute Gasteiger partial charge is 0.160 e. The summed E-state index contributed by atoms with van der Waals surface area (Å²) in [6, 6.07) is 0. The van der Waals surface area contributed by atoms with E-state index < -0.39 is 0 Å². The minimum atomic E-state index is -0.220. The highest BCUT2D eigenvalue weighted by Gasteiger charge is 2.14. The molecule has 0 aromatic carbocycles. The molecule has 0 fully saturated rings. The minimum Gasteiger partial charge on any atom is -0.356 e. The lowest BCUT2D eigenvalue weighted by Crippen LogP contribution is -2.25. The van der Waals surface area contributed by atoms with Crippen molar-refractivity contribution >= 4 is 23.2 Å². The van der Waals surface area contributed by atoms with E-state index in [0.717, 1.165) is 63.1 Å². The molecule has 184 valence electrons. The standard InChI is InChI=1S/C26H48Cl2O3/c1-29-25(21-17-13-9-5-3-7-11-15-19-23-27)31-26(30-2)22-18-14-10-6-4-8-12-16-20-24-28/h9-10,13-14,25-26H,3-8,11-12,15-24H2,1-2H3/b13-9-,14-10-. The van der Waals surface area contributed by atoms with Crippen LogP contribution < -0.4 is 0 Å². The third-order valence-corrected chi connectivity index (χ3v) is 5.84. The quantitative estimate of drug-likeness (QED) is 0.0599. The molecule has 0 amide bonds. The van der Waals surface area contributed by atoms with E-state index in [1.165, 1.54) is 51.4 Å². The van der Waals surface area contributed by atoms with Crippen molar-refractivity contribution in [2.45, 2.75) is 115 Å². The first kappa shape index (κ1) is 30.9. The van der Waals surface area contributed by atoms with Gasteiger partial charge in [-0.2, -0.15) is 0 Å². The first-order valence-corrected chi connectivity index (χ1v) is 13.5. The highest BCUT2D eigenvalue weighted by atomic mass is 35.5. The molecule has 0 aromatic rings. The highest BCUT2D eigenvalue weighted by Crippen LogP contribution is 2.14. The lowest BCUT2D eigenvalue weighted by atomic mass is 10.1. The normalized spacial score (nSPS) is 14.1. The molecule has 0 radical (unpaired) electrons. The number of alkyl halides is 2. The topological polar surface area (TPSA) is 27.7 Å². The van der Waals surface area contributed by atoms with Gasteiger partial charge in [0.15, 0.2) is 12.6 Å². The molecule has 0 aromatic heterocycles. The second-order valence-electron chi connectivity index (χ2n) is 8.05. The highest BCUT2D eigenvalue weighted by molar-refractivity contribution is 6.18. The Hall–Kier alpha value is -0.0600. The number of hydrogen-bond acceptors (Lipinski definition) is 3. The van der Waals surface area contributed by atoms with Gasteiger partial charge >= 0.3 is 0 Å². The van der Waals surface area contributed by atoms with Gasteiger partial charge in [0.1, 0.15) is 0 Å². The Morgan fingerprint density at radius 2 is 0.871 bits per heavy atom. The van der Waals surface area contributed by atoms with Gasteiger partial charge < -0.3 is 14.2 Å². The van der Waals surface area contributed by atoms with Crippen molar-refractivity contribution in [1.82, 2.24) is 0 Å². The van der Waals surface area contributed by atoms with E-state index in [9.17, 15) is 0 Å². The largest absolute Gasteiger partial charge is 0.356 e. The minimum absolute atomic E-state index is 0.220. The van der Waals surface area contributed by atoms with Gasteiger partial charge in [0, 0.05) is 38.8 Å². The van der Waals surface area contributed by atoms with Crippen molar-refractivity contribution in [2.24, 2.45) is 0 Å². The van der Waals surface area contributed by atoms with Crippen molar-refractivity contribution in [1.29, 1.82) is 0 Å². The summed E-state index contributed by atoms with van der Waals surface area (Å²) in [5.74, 6) is 1.58. The maximum atomic E-state index is 5.98. The SMILES string of the molecule is COC(CC/C=C\CCCCCCCCl)OC(CC/C=C\CCCCCCCCl)OC. The van der Waals surface area contributed by atoms with Crippen molar-refractivity contribution in [3.63, 3.8) is 0 Å². The van der Waals surface area contributed by atoms with Crippen molar-refractivity contribution < 1.29 is 14.2 Å². The van der Waals surface area contributed by atoms with Crippen LogP contribution in [0, 0.1) is 0 Å².